The maximum Gasteiger partial charge on any atom is 0.260 e. The van der Waals surface area contributed by atoms with E-state index >= 15 is 0 Å². The molecule has 0 radical (unpaired) electrons. The Bertz CT molecular complexity index is 634. The maximum atomic E-state index is 12.7. The van der Waals surface area contributed by atoms with Crippen molar-refractivity contribution in [2.75, 3.05) is 25.1 Å². The quantitative estimate of drug-likeness (QED) is 0.716. The predicted octanol–water partition coefficient (Wildman–Crippen LogP) is 2.69. The van der Waals surface area contributed by atoms with Gasteiger partial charge in [-0.2, -0.15) is 11.3 Å². The van der Waals surface area contributed by atoms with Crippen molar-refractivity contribution in [1.82, 2.24) is 4.90 Å². The number of thiophene rings is 1. The molecule has 0 atom stereocenters. The van der Waals surface area contributed by atoms with E-state index in [1.54, 1.807) is 24.3 Å². The van der Waals surface area contributed by atoms with Gasteiger partial charge >= 0.3 is 0 Å². The third-order valence-electron chi connectivity index (χ3n) is 3.08. The summed E-state index contributed by atoms with van der Waals surface area (Å²) in [6, 6.07) is 8.60. The fourth-order valence-electron chi connectivity index (χ4n) is 1.98. The molecule has 2 amide bonds. The van der Waals surface area contributed by atoms with Crippen molar-refractivity contribution in [1.29, 1.82) is 0 Å². The van der Waals surface area contributed by atoms with Gasteiger partial charge in [0, 0.05) is 24.8 Å². The zero-order valence-electron chi connectivity index (χ0n) is 12.4. The molecule has 7 heteroatoms. The van der Waals surface area contributed by atoms with Crippen LogP contribution in [0.4, 0.5) is 10.1 Å². The first kappa shape index (κ1) is 17.0. The summed E-state index contributed by atoms with van der Waals surface area (Å²) in [6.07, 6.45) is 0.564. The molecule has 1 N–H and O–H groups in total. The molecule has 0 aliphatic heterocycles. The molecule has 122 valence electrons. The first-order valence-electron chi connectivity index (χ1n) is 7.01. The number of alkyl halides is 1. The van der Waals surface area contributed by atoms with Gasteiger partial charge < -0.3 is 15.0 Å². The largest absolute Gasteiger partial charge is 0.484 e. The third-order valence-corrected chi connectivity index (χ3v) is 3.81. The average molecular weight is 336 g/mol. The summed E-state index contributed by atoms with van der Waals surface area (Å²) in [6.45, 7) is -0.392. The zero-order chi connectivity index (χ0) is 16.5. The Morgan fingerprint density at radius 1 is 1.39 bits per heavy atom. The molecule has 0 bridgehead atoms. The number of amides is 2. The van der Waals surface area contributed by atoms with Gasteiger partial charge in [0.25, 0.3) is 5.91 Å². The second-order valence-electron chi connectivity index (χ2n) is 4.71. The molecule has 1 aromatic carbocycles. The predicted molar refractivity (Wildman–Crippen MR) is 87.3 cm³/mol. The lowest BCUT2D eigenvalue weighted by molar-refractivity contribution is -0.134. The number of anilines is 1. The fraction of sp³-hybridized carbons (Fsp3) is 0.250. The monoisotopic (exact) mass is 336 g/mol. The van der Waals surface area contributed by atoms with Gasteiger partial charge in [0.2, 0.25) is 6.41 Å². The van der Waals surface area contributed by atoms with E-state index in [9.17, 15) is 14.0 Å². The van der Waals surface area contributed by atoms with Crippen LogP contribution < -0.4 is 10.1 Å². The summed E-state index contributed by atoms with van der Waals surface area (Å²) in [5.74, 6) is 0.170. The average Bonchev–Trinajstić information content (AvgIpc) is 3.06. The van der Waals surface area contributed by atoms with E-state index in [1.165, 1.54) is 16.2 Å². The summed E-state index contributed by atoms with van der Waals surface area (Å²) in [7, 11) is 0. The number of nitrogens with zero attached hydrogens (tertiary/aromatic N) is 1. The molecule has 0 aliphatic rings. The van der Waals surface area contributed by atoms with Crippen LogP contribution in [0.15, 0.2) is 41.1 Å². The van der Waals surface area contributed by atoms with Crippen LogP contribution in [-0.4, -0.2) is 37.0 Å². The lowest BCUT2D eigenvalue weighted by Gasteiger charge is -2.21. The minimum absolute atomic E-state index is 0.0325. The Morgan fingerprint density at radius 3 is 2.96 bits per heavy atom. The summed E-state index contributed by atoms with van der Waals surface area (Å²) in [5, 5.41) is 6.34. The van der Waals surface area contributed by atoms with Crippen molar-refractivity contribution in [2.45, 2.75) is 6.54 Å². The highest BCUT2D eigenvalue weighted by Crippen LogP contribution is 2.17. The molecule has 0 spiro atoms. The van der Waals surface area contributed by atoms with Crippen LogP contribution in [-0.2, 0) is 16.1 Å². The number of rotatable bonds is 9. The highest BCUT2D eigenvalue weighted by molar-refractivity contribution is 7.07. The van der Waals surface area contributed by atoms with Crippen LogP contribution >= 0.6 is 11.3 Å². The molecule has 1 aromatic heterocycles. The van der Waals surface area contributed by atoms with Crippen molar-refractivity contribution in [3.63, 3.8) is 0 Å². The number of ether oxygens (including phenoxy) is 1. The molecule has 0 aliphatic carbocycles. The summed E-state index contributed by atoms with van der Waals surface area (Å²) >= 11 is 1.53. The van der Waals surface area contributed by atoms with Crippen LogP contribution in [0.1, 0.15) is 5.56 Å². The molecule has 1 heterocycles. The van der Waals surface area contributed by atoms with Crippen molar-refractivity contribution in [3.8, 4) is 5.75 Å². The standard InChI is InChI=1S/C16H17FN2O3S/c17-5-6-19(9-13-4-7-23-11-13)16(21)10-22-15-3-1-2-14(8-15)18-12-20/h1-4,7-8,11-12H,5-6,9-10H2,(H,18,20). The first-order valence-corrected chi connectivity index (χ1v) is 7.95. The number of nitrogens with one attached hydrogen (secondary N) is 1. The van der Waals surface area contributed by atoms with Crippen molar-refractivity contribution >= 4 is 29.3 Å². The Morgan fingerprint density at radius 2 is 2.26 bits per heavy atom. The van der Waals surface area contributed by atoms with Gasteiger partial charge in [0.05, 0.1) is 0 Å². The van der Waals surface area contributed by atoms with Crippen molar-refractivity contribution in [2.24, 2.45) is 0 Å². The summed E-state index contributed by atoms with van der Waals surface area (Å²) in [4.78, 5) is 24.1. The van der Waals surface area contributed by atoms with Crippen molar-refractivity contribution in [3.05, 3.63) is 46.7 Å². The molecule has 2 aromatic rings. The number of halogens is 1. The molecule has 0 unspecified atom stereocenters. The van der Waals surface area contributed by atoms with Crippen LogP contribution in [0.2, 0.25) is 0 Å². The fourth-order valence-corrected chi connectivity index (χ4v) is 2.64. The summed E-state index contributed by atoms with van der Waals surface area (Å²) < 4.78 is 18.1. The van der Waals surface area contributed by atoms with Gasteiger partial charge in [0.15, 0.2) is 6.61 Å². The van der Waals surface area contributed by atoms with E-state index < -0.39 is 6.67 Å². The number of benzene rings is 1. The Hall–Kier alpha value is -2.41. The second-order valence-corrected chi connectivity index (χ2v) is 5.49. The molecular weight excluding hydrogens is 319 g/mol. The van der Waals surface area contributed by atoms with E-state index in [1.807, 2.05) is 16.8 Å². The van der Waals surface area contributed by atoms with Gasteiger partial charge in [-0.05, 0) is 34.5 Å². The molecule has 0 saturated carbocycles. The molecule has 23 heavy (non-hydrogen) atoms. The smallest absolute Gasteiger partial charge is 0.260 e. The van der Waals surface area contributed by atoms with Gasteiger partial charge in [-0.15, -0.1) is 0 Å². The SMILES string of the molecule is O=CNc1cccc(OCC(=O)N(CCF)Cc2ccsc2)c1. The highest BCUT2D eigenvalue weighted by atomic mass is 32.1. The van der Waals surface area contributed by atoms with Crippen molar-refractivity contribution < 1.29 is 18.7 Å². The number of hydrogen-bond donors (Lipinski definition) is 1. The van der Waals surface area contributed by atoms with Crippen LogP contribution in [0, 0.1) is 0 Å². The second kappa shape index (κ2) is 8.89. The van der Waals surface area contributed by atoms with E-state index in [-0.39, 0.29) is 19.1 Å². The number of carbonyl (C=O) groups is 2. The Kier molecular flexibility index (Phi) is 6.56. The Labute approximate surface area is 137 Å². The molecule has 2 rings (SSSR count). The Balaban J connectivity index is 1.93. The van der Waals surface area contributed by atoms with Crippen LogP contribution in [0.3, 0.4) is 0 Å². The molecule has 5 nitrogen and oxygen atoms in total. The van der Waals surface area contributed by atoms with Crippen LogP contribution in [0.5, 0.6) is 5.75 Å². The number of carbonyl (C=O) groups excluding carboxylic acids is 2. The molecular formula is C16H17FN2O3S. The number of hydrogen-bond acceptors (Lipinski definition) is 4. The van der Waals surface area contributed by atoms with E-state index in [2.05, 4.69) is 5.32 Å². The molecule has 0 fully saturated rings. The topological polar surface area (TPSA) is 58.6 Å². The minimum Gasteiger partial charge on any atom is -0.484 e. The maximum absolute atomic E-state index is 12.7. The lowest BCUT2D eigenvalue weighted by atomic mass is 10.3. The van der Waals surface area contributed by atoms with Gasteiger partial charge in [-0.3, -0.25) is 9.59 Å². The normalized spacial score (nSPS) is 10.1. The minimum atomic E-state index is -0.603. The lowest BCUT2D eigenvalue weighted by Crippen LogP contribution is -2.35. The molecule has 0 saturated heterocycles. The van der Waals surface area contributed by atoms with E-state index in [4.69, 9.17) is 4.74 Å². The van der Waals surface area contributed by atoms with Crippen LogP contribution in [0.25, 0.3) is 0 Å². The van der Waals surface area contributed by atoms with E-state index in [0.29, 0.717) is 24.4 Å². The third kappa shape index (κ3) is 5.37. The first-order chi connectivity index (χ1) is 11.2. The highest BCUT2D eigenvalue weighted by Gasteiger charge is 2.15. The summed E-state index contributed by atoms with van der Waals surface area (Å²) in [5.41, 5.74) is 1.54. The zero-order valence-corrected chi connectivity index (χ0v) is 13.2. The van der Waals surface area contributed by atoms with Gasteiger partial charge in [-0.1, -0.05) is 6.07 Å². The van der Waals surface area contributed by atoms with Gasteiger partial charge in [0.1, 0.15) is 12.4 Å². The van der Waals surface area contributed by atoms with E-state index in [0.717, 1.165) is 5.56 Å². The van der Waals surface area contributed by atoms with Gasteiger partial charge in [-0.25, -0.2) is 4.39 Å².